The Balaban J connectivity index is 1.84. The van der Waals surface area contributed by atoms with Crippen LogP contribution in [0.3, 0.4) is 0 Å². The van der Waals surface area contributed by atoms with Gasteiger partial charge >= 0.3 is 0 Å². The van der Waals surface area contributed by atoms with Gasteiger partial charge in [-0.25, -0.2) is 4.39 Å². The number of carbonyl (C=O) groups is 1. The van der Waals surface area contributed by atoms with Crippen LogP contribution in [-0.4, -0.2) is 21.7 Å². The fourth-order valence-corrected chi connectivity index (χ4v) is 1.89. The summed E-state index contributed by atoms with van der Waals surface area (Å²) in [4.78, 5) is 11.8. The van der Waals surface area contributed by atoms with Crippen LogP contribution < -0.4 is 10.6 Å². The first-order chi connectivity index (χ1) is 9.52. The monoisotopic (exact) mass is 276 g/mol. The van der Waals surface area contributed by atoms with Crippen molar-refractivity contribution in [2.24, 2.45) is 7.05 Å². The van der Waals surface area contributed by atoms with E-state index in [1.54, 1.807) is 23.0 Å². The first-order valence-electron chi connectivity index (χ1n) is 6.33. The number of anilines is 2. The zero-order valence-corrected chi connectivity index (χ0v) is 11.4. The molecule has 1 amide bonds. The molecule has 2 aromatic rings. The number of aromatic nitrogens is 2. The van der Waals surface area contributed by atoms with Crippen molar-refractivity contribution in [2.45, 2.75) is 19.4 Å². The molecule has 5 nitrogen and oxygen atoms in total. The van der Waals surface area contributed by atoms with Crippen molar-refractivity contribution in [1.82, 2.24) is 9.78 Å². The van der Waals surface area contributed by atoms with Gasteiger partial charge in [0.2, 0.25) is 5.91 Å². The van der Waals surface area contributed by atoms with Crippen molar-refractivity contribution in [3.05, 3.63) is 42.5 Å². The Bertz CT molecular complexity index is 596. The van der Waals surface area contributed by atoms with E-state index in [9.17, 15) is 9.18 Å². The largest absolute Gasteiger partial charge is 0.380 e. The summed E-state index contributed by atoms with van der Waals surface area (Å²) in [6.45, 7) is 1.90. The molecule has 2 rings (SSSR count). The van der Waals surface area contributed by atoms with Gasteiger partial charge in [0.25, 0.3) is 0 Å². The predicted octanol–water partition coefficient (Wildman–Crippen LogP) is 2.39. The third kappa shape index (κ3) is 4.08. The third-order valence-electron chi connectivity index (χ3n) is 2.72. The number of hydrogen-bond acceptors (Lipinski definition) is 3. The highest BCUT2D eigenvalue weighted by Gasteiger charge is 2.10. The minimum absolute atomic E-state index is 0.0484. The summed E-state index contributed by atoms with van der Waals surface area (Å²) in [6, 6.07) is 5.79. The zero-order valence-electron chi connectivity index (χ0n) is 11.4. The van der Waals surface area contributed by atoms with Gasteiger partial charge in [0.15, 0.2) is 0 Å². The van der Waals surface area contributed by atoms with Crippen molar-refractivity contribution in [3.63, 3.8) is 0 Å². The van der Waals surface area contributed by atoms with Gasteiger partial charge in [-0.15, -0.1) is 0 Å². The number of carbonyl (C=O) groups excluding carboxylic acids is 1. The molecular weight excluding hydrogens is 259 g/mol. The molecule has 0 radical (unpaired) electrons. The number of aryl methyl sites for hydroxylation is 1. The molecule has 1 aromatic carbocycles. The summed E-state index contributed by atoms with van der Waals surface area (Å²) in [6.07, 6.45) is 3.81. The molecule has 20 heavy (non-hydrogen) atoms. The highest BCUT2D eigenvalue weighted by atomic mass is 19.1. The van der Waals surface area contributed by atoms with Gasteiger partial charge in [-0.1, -0.05) is 6.07 Å². The quantitative estimate of drug-likeness (QED) is 0.881. The molecule has 0 spiro atoms. The lowest BCUT2D eigenvalue weighted by molar-refractivity contribution is -0.116. The number of hydrogen-bond donors (Lipinski definition) is 2. The lowest BCUT2D eigenvalue weighted by Crippen LogP contribution is -2.23. The smallest absolute Gasteiger partial charge is 0.226 e. The van der Waals surface area contributed by atoms with Crippen molar-refractivity contribution in [1.29, 1.82) is 0 Å². The molecule has 0 aliphatic carbocycles. The highest BCUT2D eigenvalue weighted by Crippen LogP contribution is 2.11. The Kier molecular flexibility index (Phi) is 4.34. The Labute approximate surface area is 116 Å². The molecule has 0 bridgehead atoms. The summed E-state index contributed by atoms with van der Waals surface area (Å²) < 4.78 is 14.7. The first kappa shape index (κ1) is 14.0. The van der Waals surface area contributed by atoms with E-state index in [0.717, 1.165) is 5.69 Å². The van der Waals surface area contributed by atoms with Crippen molar-refractivity contribution in [3.8, 4) is 0 Å². The van der Waals surface area contributed by atoms with Crippen LogP contribution in [0.2, 0.25) is 0 Å². The van der Waals surface area contributed by atoms with E-state index < -0.39 is 0 Å². The molecule has 0 saturated heterocycles. The standard InChI is InChI=1S/C14H17FN4O/c1-10(17-13-8-16-19(2)9-13)6-14(20)18-12-5-3-4-11(15)7-12/h3-5,7-10,17H,6H2,1-2H3,(H,18,20)/t10-/m1/s1. The Morgan fingerprint density at radius 1 is 1.45 bits per heavy atom. The van der Waals surface area contributed by atoms with E-state index in [1.807, 2.05) is 20.2 Å². The van der Waals surface area contributed by atoms with Crippen LogP contribution in [-0.2, 0) is 11.8 Å². The number of amides is 1. The molecule has 6 heteroatoms. The fraction of sp³-hybridized carbons (Fsp3) is 0.286. The summed E-state index contributed by atoms with van der Waals surface area (Å²) >= 11 is 0. The number of halogens is 1. The van der Waals surface area contributed by atoms with E-state index in [0.29, 0.717) is 5.69 Å². The summed E-state index contributed by atoms with van der Waals surface area (Å²) in [5.74, 6) is -0.538. The van der Waals surface area contributed by atoms with Crippen LogP contribution in [0.1, 0.15) is 13.3 Å². The minimum Gasteiger partial charge on any atom is -0.380 e. The maximum Gasteiger partial charge on any atom is 0.226 e. The van der Waals surface area contributed by atoms with Crippen molar-refractivity contribution in [2.75, 3.05) is 10.6 Å². The molecule has 1 aromatic heterocycles. The molecule has 1 heterocycles. The lowest BCUT2D eigenvalue weighted by Gasteiger charge is -2.13. The van der Waals surface area contributed by atoms with E-state index in [4.69, 9.17) is 0 Å². The molecule has 0 aliphatic rings. The third-order valence-corrected chi connectivity index (χ3v) is 2.72. The van der Waals surface area contributed by atoms with Crippen molar-refractivity contribution >= 4 is 17.3 Å². The molecule has 0 aliphatic heterocycles. The first-order valence-corrected chi connectivity index (χ1v) is 6.33. The maximum absolute atomic E-state index is 13.0. The normalized spacial score (nSPS) is 11.9. The molecule has 0 saturated carbocycles. The second-order valence-corrected chi connectivity index (χ2v) is 4.71. The van der Waals surface area contributed by atoms with E-state index in [-0.39, 0.29) is 24.2 Å². The van der Waals surface area contributed by atoms with E-state index in [2.05, 4.69) is 15.7 Å². The summed E-state index contributed by atoms with van der Waals surface area (Å²) in [5.41, 5.74) is 1.32. The van der Waals surface area contributed by atoms with Gasteiger partial charge in [-0.3, -0.25) is 9.48 Å². The molecule has 1 atom stereocenters. The number of rotatable bonds is 5. The van der Waals surface area contributed by atoms with Crippen molar-refractivity contribution < 1.29 is 9.18 Å². The van der Waals surface area contributed by atoms with E-state index in [1.165, 1.54) is 12.1 Å². The maximum atomic E-state index is 13.0. The van der Waals surface area contributed by atoms with E-state index >= 15 is 0 Å². The van der Waals surface area contributed by atoms with Gasteiger partial charge in [-0.05, 0) is 25.1 Å². The van der Waals surface area contributed by atoms with Crippen LogP contribution in [0.25, 0.3) is 0 Å². The van der Waals surface area contributed by atoms with Gasteiger partial charge in [-0.2, -0.15) is 5.10 Å². The van der Waals surface area contributed by atoms with Crippen LogP contribution in [0, 0.1) is 5.82 Å². The molecule has 106 valence electrons. The highest BCUT2D eigenvalue weighted by molar-refractivity contribution is 5.91. The van der Waals surface area contributed by atoms with Crippen LogP contribution in [0.4, 0.5) is 15.8 Å². The fourth-order valence-electron chi connectivity index (χ4n) is 1.89. The number of nitrogens with zero attached hydrogens (tertiary/aromatic N) is 2. The lowest BCUT2D eigenvalue weighted by atomic mass is 10.2. The van der Waals surface area contributed by atoms with Gasteiger partial charge in [0, 0.05) is 31.4 Å². The number of nitrogens with one attached hydrogen (secondary N) is 2. The molecule has 2 N–H and O–H groups in total. The topological polar surface area (TPSA) is 59.0 Å². The van der Waals surface area contributed by atoms with Gasteiger partial charge in [0.1, 0.15) is 5.82 Å². The van der Waals surface area contributed by atoms with Crippen LogP contribution >= 0.6 is 0 Å². The average Bonchev–Trinajstić information content (AvgIpc) is 2.74. The Morgan fingerprint density at radius 2 is 2.25 bits per heavy atom. The molecular formula is C14H17FN4O. The zero-order chi connectivity index (χ0) is 14.5. The van der Waals surface area contributed by atoms with Crippen LogP contribution in [0.5, 0.6) is 0 Å². The molecule has 0 fully saturated rings. The Hall–Kier alpha value is -2.37. The second kappa shape index (κ2) is 6.18. The Morgan fingerprint density at radius 3 is 2.90 bits per heavy atom. The van der Waals surface area contributed by atoms with Crippen LogP contribution in [0.15, 0.2) is 36.7 Å². The minimum atomic E-state index is -0.371. The predicted molar refractivity (Wildman–Crippen MR) is 75.9 cm³/mol. The number of benzene rings is 1. The molecule has 0 unspecified atom stereocenters. The van der Waals surface area contributed by atoms with Gasteiger partial charge in [0.05, 0.1) is 11.9 Å². The summed E-state index contributed by atoms with van der Waals surface area (Å²) in [7, 11) is 1.83. The second-order valence-electron chi connectivity index (χ2n) is 4.71. The van der Waals surface area contributed by atoms with Gasteiger partial charge < -0.3 is 10.6 Å². The SMILES string of the molecule is C[C@H](CC(=O)Nc1cccc(F)c1)Nc1cnn(C)c1. The average molecular weight is 276 g/mol. The summed E-state index contributed by atoms with van der Waals surface area (Å²) in [5, 5.41) is 9.88.